The summed E-state index contributed by atoms with van der Waals surface area (Å²) in [5.74, 6) is 0.778. The Balaban J connectivity index is 2.36. The molecule has 82 valence electrons. The molecule has 3 rings (SSSR count). The van der Waals surface area contributed by atoms with Crippen molar-refractivity contribution < 1.29 is 9.53 Å². The summed E-state index contributed by atoms with van der Waals surface area (Å²) >= 11 is 0. The van der Waals surface area contributed by atoms with E-state index in [9.17, 15) is 4.79 Å². The second-order valence-corrected chi connectivity index (χ2v) is 3.87. The van der Waals surface area contributed by atoms with Gasteiger partial charge >= 0.3 is 0 Å². The van der Waals surface area contributed by atoms with Crippen LogP contribution in [0, 0.1) is 0 Å². The molecular weight excluding hydrogens is 204 g/mol. The molecule has 0 unspecified atom stereocenters. The van der Waals surface area contributed by atoms with E-state index in [4.69, 9.17) is 4.74 Å². The lowest BCUT2D eigenvalue weighted by atomic mass is 10.1. The van der Waals surface area contributed by atoms with Gasteiger partial charge in [-0.2, -0.15) is 0 Å². The number of benzene rings is 1. The van der Waals surface area contributed by atoms with E-state index in [1.807, 2.05) is 18.2 Å². The van der Waals surface area contributed by atoms with E-state index >= 15 is 0 Å². The maximum Gasteiger partial charge on any atom is 0.253 e. The minimum atomic E-state index is 0.000697. The van der Waals surface area contributed by atoms with Crippen molar-refractivity contribution >= 4 is 16.8 Å². The third-order valence-electron chi connectivity index (χ3n) is 2.98. The minimum Gasteiger partial charge on any atom is -0.495 e. The van der Waals surface area contributed by atoms with Gasteiger partial charge in [0.25, 0.3) is 5.91 Å². The van der Waals surface area contributed by atoms with Gasteiger partial charge < -0.3 is 15.0 Å². The summed E-state index contributed by atoms with van der Waals surface area (Å²) in [6, 6.07) is 5.73. The Morgan fingerprint density at radius 3 is 3.06 bits per heavy atom. The van der Waals surface area contributed by atoms with Gasteiger partial charge in [-0.05, 0) is 6.07 Å². The summed E-state index contributed by atoms with van der Waals surface area (Å²) < 4.78 is 5.28. The van der Waals surface area contributed by atoms with Crippen LogP contribution >= 0.6 is 0 Å². The van der Waals surface area contributed by atoms with Crippen LogP contribution in [0.4, 0.5) is 0 Å². The first-order valence-corrected chi connectivity index (χ1v) is 5.27. The van der Waals surface area contributed by atoms with Crippen molar-refractivity contribution in [2.24, 2.45) is 0 Å². The highest BCUT2D eigenvalue weighted by atomic mass is 16.5. The number of H-pyrrole nitrogens is 1. The minimum absolute atomic E-state index is 0.000697. The molecule has 0 atom stereocenters. The summed E-state index contributed by atoms with van der Waals surface area (Å²) in [5, 5.41) is 3.79. The van der Waals surface area contributed by atoms with Crippen molar-refractivity contribution in [3.05, 3.63) is 29.5 Å². The molecule has 0 saturated heterocycles. The molecule has 1 aliphatic rings. The lowest BCUT2D eigenvalue weighted by Gasteiger charge is -2.11. The fraction of sp³-hybridized carbons (Fsp3) is 0.250. The SMILES string of the molecule is COc1cccc2c3c([nH]c12)CCNC3=O. The van der Waals surface area contributed by atoms with Crippen molar-refractivity contribution in [2.45, 2.75) is 6.42 Å². The van der Waals surface area contributed by atoms with Crippen LogP contribution < -0.4 is 10.1 Å². The second kappa shape index (κ2) is 3.27. The Labute approximate surface area is 92.6 Å². The maximum atomic E-state index is 11.8. The molecule has 2 N–H and O–H groups in total. The molecule has 0 spiro atoms. The third-order valence-corrected chi connectivity index (χ3v) is 2.98. The number of hydrogen-bond acceptors (Lipinski definition) is 2. The topological polar surface area (TPSA) is 54.1 Å². The highest BCUT2D eigenvalue weighted by Gasteiger charge is 2.22. The van der Waals surface area contributed by atoms with Gasteiger partial charge in [0.05, 0.1) is 18.2 Å². The molecule has 0 aliphatic carbocycles. The van der Waals surface area contributed by atoms with E-state index in [0.717, 1.165) is 34.3 Å². The number of fused-ring (bicyclic) bond motifs is 3. The van der Waals surface area contributed by atoms with Crippen molar-refractivity contribution in [1.29, 1.82) is 0 Å². The highest BCUT2D eigenvalue weighted by molar-refractivity contribution is 6.10. The van der Waals surface area contributed by atoms with Crippen molar-refractivity contribution in [1.82, 2.24) is 10.3 Å². The van der Waals surface area contributed by atoms with Gasteiger partial charge in [0.2, 0.25) is 0 Å². The van der Waals surface area contributed by atoms with E-state index in [2.05, 4.69) is 10.3 Å². The first kappa shape index (κ1) is 9.27. The zero-order valence-corrected chi connectivity index (χ0v) is 8.96. The van der Waals surface area contributed by atoms with Gasteiger partial charge in [-0.1, -0.05) is 12.1 Å². The van der Waals surface area contributed by atoms with Crippen LogP contribution in [0.5, 0.6) is 5.75 Å². The maximum absolute atomic E-state index is 11.8. The molecule has 4 heteroatoms. The van der Waals surface area contributed by atoms with Gasteiger partial charge in [-0.25, -0.2) is 0 Å². The van der Waals surface area contributed by atoms with Crippen LogP contribution in [0.3, 0.4) is 0 Å². The van der Waals surface area contributed by atoms with Gasteiger partial charge in [-0.3, -0.25) is 4.79 Å². The van der Waals surface area contributed by atoms with Crippen LogP contribution in [-0.4, -0.2) is 24.5 Å². The normalized spacial score (nSPS) is 14.7. The molecule has 1 aromatic heterocycles. The van der Waals surface area contributed by atoms with E-state index in [1.54, 1.807) is 7.11 Å². The predicted molar refractivity (Wildman–Crippen MR) is 60.9 cm³/mol. The fourth-order valence-electron chi connectivity index (χ4n) is 2.25. The van der Waals surface area contributed by atoms with Gasteiger partial charge in [0, 0.05) is 24.0 Å². The Morgan fingerprint density at radius 2 is 2.25 bits per heavy atom. The average Bonchev–Trinajstić information content (AvgIpc) is 2.68. The van der Waals surface area contributed by atoms with Crippen LogP contribution in [0.15, 0.2) is 18.2 Å². The highest BCUT2D eigenvalue weighted by Crippen LogP contribution is 2.30. The molecule has 0 saturated carbocycles. The molecule has 4 nitrogen and oxygen atoms in total. The van der Waals surface area contributed by atoms with E-state index in [-0.39, 0.29) is 5.91 Å². The van der Waals surface area contributed by atoms with Crippen molar-refractivity contribution in [3.8, 4) is 5.75 Å². The lowest BCUT2D eigenvalue weighted by molar-refractivity contribution is 0.0947. The smallest absolute Gasteiger partial charge is 0.253 e. The first-order chi connectivity index (χ1) is 7.81. The first-order valence-electron chi connectivity index (χ1n) is 5.27. The van der Waals surface area contributed by atoms with Crippen LogP contribution in [0.1, 0.15) is 16.1 Å². The average molecular weight is 216 g/mol. The summed E-state index contributed by atoms with van der Waals surface area (Å²) in [5.41, 5.74) is 2.68. The Kier molecular flexibility index (Phi) is 1.89. The molecule has 1 aliphatic heterocycles. The zero-order valence-electron chi connectivity index (χ0n) is 8.96. The van der Waals surface area contributed by atoms with Gasteiger partial charge in [0.15, 0.2) is 0 Å². The number of aromatic amines is 1. The van der Waals surface area contributed by atoms with E-state index < -0.39 is 0 Å². The number of amides is 1. The summed E-state index contributed by atoms with van der Waals surface area (Å²) in [7, 11) is 1.63. The van der Waals surface area contributed by atoms with E-state index in [0.29, 0.717) is 6.54 Å². The molecule has 1 amide bonds. The molecule has 16 heavy (non-hydrogen) atoms. The fourth-order valence-corrected chi connectivity index (χ4v) is 2.25. The number of carbonyl (C=O) groups excluding carboxylic acids is 1. The Morgan fingerprint density at radius 1 is 1.38 bits per heavy atom. The standard InChI is InChI=1S/C12H12N2O2/c1-16-9-4-2-3-7-10-8(14-11(7)9)5-6-13-12(10)15/h2-4,14H,5-6H2,1H3,(H,13,15). The molecular formula is C12H12N2O2. The van der Waals surface area contributed by atoms with Gasteiger partial charge in [-0.15, -0.1) is 0 Å². The summed E-state index contributed by atoms with van der Waals surface area (Å²) in [6.45, 7) is 0.695. The Bertz CT molecular complexity index is 572. The monoisotopic (exact) mass is 216 g/mol. The number of hydrogen-bond donors (Lipinski definition) is 2. The molecule has 2 heterocycles. The predicted octanol–water partition coefficient (Wildman–Crippen LogP) is 1.46. The number of aromatic nitrogens is 1. The molecule has 2 aromatic rings. The largest absolute Gasteiger partial charge is 0.495 e. The third kappa shape index (κ3) is 1.13. The number of carbonyl (C=O) groups is 1. The number of nitrogens with one attached hydrogen (secondary N) is 2. The molecule has 0 bridgehead atoms. The van der Waals surface area contributed by atoms with Gasteiger partial charge in [0.1, 0.15) is 5.75 Å². The Hall–Kier alpha value is -1.97. The van der Waals surface area contributed by atoms with Crippen molar-refractivity contribution in [3.63, 3.8) is 0 Å². The second-order valence-electron chi connectivity index (χ2n) is 3.87. The lowest BCUT2D eigenvalue weighted by Crippen LogP contribution is -2.31. The number of ether oxygens (including phenoxy) is 1. The van der Waals surface area contributed by atoms with E-state index in [1.165, 1.54) is 0 Å². The van der Waals surface area contributed by atoms with Crippen LogP contribution in [0.2, 0.25) is 0 Å². The zero-order chi connectivity index (χ0) is 11.1. The number of methoxy groups -OCH3 is 1. The molecule has 1 aromatic carbocycles. The number of para-hydroxylation sites is 1. The summed E-state index contributed by atoms with van der Waals surface area (Å²) in [6.07, 6.45) is 0.846. The molecule has 0 radical (unpaired) electrons. The number of rotatable bonds is 1. The molecule has 0 fully saturated rings. The quantitative estimate of drug-likeness (QED) is 0.758. The van der Waals surface area contributed by atoms with Crippen LogP contribution in [0.25, 0.3) is 10.9 Å². The van der Waals surface area contributed by atoms with Crippen molar-refractivity contribution in [2.75, 3.05) is 13.7 Å². The summed E-state index contributed by atoms with van der Waals surface area (Å²) in [4.78, 5) is 15.1. The van der Waals surface area contributed by atoms with Crippen LogP contribution in [-0.2, 0) is 6.42 Å².